The molecule has 0 aliphatic carbocycles. The molecular formula is C12H18ClN3O3S. The molecule has 0 aliphatic rings. The Morgan fingerprint density at radius 2 is 2.00 bits per heavy atom. The zero-order chi connectivity index (χ0) is 15.5. The molecule has 0 aliphatic heterocycles. The van der Waals surface area contributed by atoms with Crippen LogP contribution in [-0.4, -0.2) is 42.3 Å². The van der Waals surface area contributed by atoms with Crippen molar-refractivity contribution in [2.24, 2.45) is 0 Å². The van der Waals surface area contributed by atoms with Crippen molar-refractivity contribution in [3.05, 3.63) is 22.7 Å². The molecule has 0 fully saturated rings. The van der Waals surface area contributed by atoms with Gasteiger partial charge in [0, 0.05) is 18.2 Å². The summed E-state index contributed by atoms with van der Waals surface area (Å²) in [6.07, 6.45) is 2.49. The van der Waals surface area contributed by atoms with Crippen LogP contribution in [0.4, 0.5) is 0 Å². The molecule has 0 saturated heterocycles. The number of hydrogen-bond donors (Lipinski definition) is 1. The van der Waals surface area contributed by atoms with Gasteiger partial charge in [-0.2, -0.15) is 0 Å². The van der Waals surface area contributed by atoms with Gasteiger partial charge < -0.3 is 5.32 Å². The second kappa shape index (κ2) is 6.49. The van der Waals surface area contributed by atoms with E-state index in [0.29, 0.717) is 5.82 Å². The maximum atomic E-state index is 12.1. The Morgan fingerprint density at radius 1 is 1.40 bits per heavy atom. The van der Waals surface area contributed by atoms with Gasteiger partial charge in [0.2, 0.25) is 0 Å². The topological polar surface area (TPSA) is 89.0 Å². The number of rotatable bonds is 5. The number of carbonyl (C=O) groups is 1. The van der Waals surface area contributed by atoms with E-state index in [1.807, 2.05) is 13.8 Å². The van der Waals surface area contributed by atoms with Crippen LogP contribution in [0, 0.1) is 0 Å². The summed E-state index contributed by atoms with van der Waals surface area (Å²) in [4.78, 5) is 20.2. The molecule has 1 rings (SSSR count). The highest BCUT2D eigenvalue weighted by Crippen LogP contribution is 2.16. The maximum Gasteiger partial charge on any atom is 0.271 e. The zero-order valence-electron chi connectivity index (χ0n) is 11.8. The Balaban J connectivity index is 2.89. The number of halogens is 1. The van der Waals surface area contributed by atoms with Gasteiger partial charge in [-0.05, 0) is 6.92 Å². The Labute approximate surface area is 123 Å². The molecule has 0 saturated carbocycles. The van der Waals surface area contributed by atoms with Crippen molar-refractivity contribution in [2.75, 3.05) is 12.0 Å². The number of nitrogens with one attached hydrogen (secondary N) is 1. The molecule has 112 valence electrons. The monoisotopic (exact) mass is 319 g/mol. The van der Waals surface area contributed by atoms with Crippen LogP contribution in [0.2, 0.25) is 5.02 Å². The highest BCUT2D eigenvalue weighted by molar-refractivity contribution is 7.90. The molecule has 1 aromatic heterocycles. The molecule has 0 aromatic carbocycles. The molecular weight excluding hydrogens is 302 g/mol. The first-order valence-corrected chi connectivity index (χ1v) is 8.55. The summed E-state index contributed by atoms with van der Waals surface area (Å²) >= 11 is 5.91. The Bertz CT molecular complexity index is 602. The molecule has 1 unspecified atom stereocenters. The summed E-state index contributed by atoms with van der Waals surface area (Å²) in [5.74, 6) is -0.0728. The molecule has 1 atom stereocenters. The highest BCUT2D eigenvalue weighted by Gasteiger charge is 2.19. The largest absolute Gasteiger partial charge is 0.347 e. The van der Waals surface area contributed by atoms with Gasteiger partial charge in [-0.15, -0.1) is 0 Å². The van der Waals surface area contributed by atoms with Crippen LogP contribution in [0.25, 0.3) is 0 Å². The predicted molar refractivity (Wildman–Crippen MR) is 77.8 cm³/mol. The van der Waals surface area contributed by atoms with E-state index in [0.717, 1.165) is 6.26 Å². The fourth-order valence-electron chi connectivity index (χ4n) is 1.61. The van der Waals surface area contributed by atoms with Crippen molar-refractivity contribution in [1.29, 1.82) is 0 Å². The van der Waals surface area contributed by atoms with Crippen molar-refractivity contribution < 1.29 is 13.2 Å². The third kappa shape index (κ3) is 5.05. The van der Waals surface area contributed by atoms with Gasteiger partial charge in [0.05, 0.1) is 17.0 Å². The molecule has 1 aromatic rings. The SMILES string of the molecule is CC(CS(C)(=O)=O)NC(=O)c1nc(C(C)C)ncc1Cl. The number of sulfone groups is 1. The summed E-state index contributed by atoms with van der Waals surface area (Å²) in [7, 11) is -3.16. The van der Waals surface area contributed by atoms with Crippen molar-refractivity contribution in [2.45, 2.75) is 32.7 Å². The minimum absolute atomic E-state index is 0.0608. The van der Waals surface area contributed by atoms with Crippen LogP contribution in [0.3, 0.4) is 0 Å². The zero-order valence-corrected chi connectivity index (χ0v) is 13.4. The molecule has 0 spiro atoms. The number of aromatic nitrogens is 2. The van der Waals surface area contributed by atoms with E-state index in [-0.39, 0.29) is 22.4 Å². The molecule has 0 radical (unpaired) electrons. The fraction of sp³-hybridized carbons (Fsp3) is 0.583. The van der Waals surface area contributed by atoms with Crippen molar-refractivity contribution in [3.63, 3.8) is 0 Å². The normalized spacial score (nSPS) is 13.3. The van der Waals surface area contributed by atoms with Crippen LogP contribution in [-0.2, 0) is 9.84 Å². The lowest BCUT2D eigenvalue weighted by Gasteiger charge is -2.13. The van der Waals surface area contributed by atoms with E-state index < -0.39 is 21.8 Å². The van der Waals surface area contributed by atoms with Crippen molar-refractivity contribution >= 4 is 27.3 Å². The smallest absolute Gasteiger partial charge is 0.271 e. The van der Waals surface area contributed by atoms with E-state index >= 15 is 0 Å². The summed E-state index contributed by atoms with van der Waals surface area (Å²) < 4.78 is 22.3. The Kier molecular flexibility index (Phi) is 5.47. The van der Waals surface area contributed by atoms with Crippen LogP contribution < -0.4 is 5.32 Å². The van der Waals surface area contributed by atoms with E-state index in [1.165, 1.54) is 6.20 Å². The average molecular weight is 320 g/mol. The van der Waals surface area contributed by atoms with Crippen molar-refractivity contribution in [3.8, 4) is 0 Å². The average Bonchev–Trinajstić information content (AvgIpc) is 2.26. The van der Waals surface area contributed by atoms with Gasteiger partial charge in [0.25, 0.3) is 5.91 Å². The summed E-state index contributed by atoms with van der Waals surface area (Å²) in [5, 5.41) is 2.70. The quantitative estimate of drug-likeness (QED) is 0.886. The molecule has 8 heteroatoms. The predicted octanol–water partition coefficient (Wildman–Crippen LogP) is 1.42. The lowest BCUT2D eigenvalue weighted by molar-refractivity contribution is 0.0938. The first-order valence-electron chi connectivity index (χ1n) is 6.11. The number of carbonyl (C=O) groups excluding carboxylic acids is 1. The summed E-state index contributed by atoms with van der Waals surface area (Å²) in [6, 6.07) is -0.522. The van der Waals surface area contributed by atoms with Crippen LogP contribution in [0.15, 0.2) is 6.20 Å². The van der Waals surface area contributed by atoms with Gasteiger partial charge in [0.1, 0.15) is 21.4 Å². The molecule has 20 heavy (non-hydrogen) atoms. The molecule has 1 heterocycles. The standard InChI is InChI=1S/C12H18ClN3O3S/c1-7(2)11-14-5-9(13)10(16-11)12(17)15-8(3)6-20(4,18)19/h5,7-8H,6H2,1-4H3,(H,15,17). The van der Waals surface area contributed by atoms with Gasteiger partial charge in [-0.25, -0.2) is 18.4 Å². The van der Waals surface area contributed by atoms with Crippen LogP contribution in [0.1, 0.15) is 43.0 Å². The van der Waals surface area contributed by atoms with Crippen molar-refractivity contribution in [1.82, 2.24) is 15.3 Å². The Hall–Kier alpha value is -1.21. The van der Waals surface area contributed by atoms with Gasteiger partial charge in [-0.1, -0.05) is 25.4 Å². The first kappa shape index (κ1) is 16.8. The summed E-state index contributed by atoms with van der Waals surface area (Å²) in [6.45, 7) is 5.41. The minimum Gasteiger partial charge on any atom is -0.347 e. The van der Waals surface area contributed by atoms with Gasteiger partial charge >= 0.3 is 0 Å². The lowest BCUT2D eigenvalue weighted by atomic mass is 10.2. The van der Waals surface area contributed by atoms with E-state index in [4.69, 9.17) is 11.6 Å². The maximum absolute atomic E-state index is 12.1. The fourth-order valence-corrected chi connectivity index (χ4v) is 2.77. The second-order valence-electron chi connectivity index (χ2n) is 5.05. The van der Waals surface area contributed by atoms with Gasteiger partial charge in [0.15, 0.2) is 0 Å². The van der Waals surface area contributed by atoms with E-state index in [1.54, 1.807) is 6.92 Å². The number of amides is 1. The lowest BCUT2D eigenvalue weighted by Crippen LogP contribution is -2.38. The van der Waals surface area contributed by atoms with E-state index in [2.05, 4.69) is 15.3 Å². The first-order chi connectivity index (χ1) is 9.10. The summed E-state index contributed by atoms with van der Waals surface area (Å²) in [5.41, 5.74) is 0.0608. The molecule has 6 nitrogen and oxygen atoms in total. The molecule has 1 amide bonds. The molecule has 0 bridgehead atoms. The molecule has 1 N–H and O–H groups in total. The van der Waals surface area contributed by atoms with E-state index in [9.17, 15) is 13.2 Å². The second-order valence-corrected chi connectivity index (χ2v) is 7.64. The number of hydrogen-bond acceptors (Lipinski definition) is 5. The van der Waals surface area contributed by atoms with Crippen LogP contribution >= 0.6 is 11.6 Å². The Morgan fingerprint density at radius 3 is 2.50 bits per heavy atom. The minimum atomic E-state index is -3.16. The third-order valence-electron chi connectivity index (χ3n) is 2.42. The highest BCUT2D eigenvalue weighted by atomic mass is 35.5. The number of nitrogens with zero attached hydrogens (tertiary/aromatic N) is 2. The van der Waals surface area contributed by atoms with Gasteiger partial charge in [-0.3, -0.25) is 4.79 Å². The van der Waals surface area contributed by atoms with Crippen LogP contribution in [0.5, 0.6) is 0 Å². The third-order valence-corrected chi connectivity index (χ3v) is 3.81.